The van der Waals surface area contributed by atoms with E-state index in [0.717, 1.165) is 23.8 Å². The Labute approximate surface area is 156 Å². The number of nitrogens with two attached hydrogens (primary N) is 1. The second kappa shape index (κ2) is 9.17. The monoisotopic (exact) mass is 392 g/mol. The highest BCUT2D eigenvalue weighted by atomic mass is 35.5. The third-order valence-electron chi connectivity index (χ3n) is 3.70. The summed E-state index contributed by atoms with van der Waals surface area (Å²) in [4.78, 5) is 20.6. The van der Waals surface area contributed by atoms with Crippen LogP contribution in [0.25, 0.3) is 0 Å². The molecular formula is C15H19Cl2FN4OS. The molecule has 9 heteroatoms. The first-order valence-corrected chi connectivity index (χ1v) is 7.99. The largest absolute Gasteiger partial charge is 0.368 e. The SMILES string of the molecule is Cl.Cl.NCc1nc(C(=O)N2CCN(c3ccc(F)cc3)CC2)cs1. The minimum Gasteiger partial charge on any atom is -0.368 e. The zero-order chi connectivity index (χ0) is 15.5. The van der Waals surface area contributed by atoms with Gasteiger partial charge < -0.3 is 15.5 Å². The third kappa shape index (κ3) is 4.57. The molecule has 24 heavy (non-hydrogen) atoms. The molecule has 1 saturated heterocycles. The molecule has 3 rings (SSSR count). The Morgan fingerprint density at radius 1 is 1.17 bits per heavy atom. The number of hydrogen-bond acceptors (Lipinski definition) is 5. The number of carbonyl (C=O) groups excluding carboxylic acids is 1. The molecule has 132 valence electrons. The number of anilines is 1. The summed E-state index contributed by atoms with van der Waals surface area (Å²) in [5.74, 6) is -0.286. The molecule has 0 atom stereocenters. The molecule has 0 radical (unpaired) electrons. The number of hydrogen-bond donors (Lipinski definition) is 1. The lowest BCUT2D eigenvalue weighted by molar-refractivity contribution is 0.0741. The van der Waals surface area contributed by atoms with Crippen molar-refractivity contribution in [3.8, 4) is 0 Å². The van der Waals surface area contributed by atoms with E-state index in [1.165, 1.54) is 23.5 Å². The predicted octanol–water partition coefficient (Wildman–Crippen LogP) is 2.55. The average Bonchev–Trinajstić information content (AvgIpc) is 3.04. The van der Waals surface area contributed by atoms with Gasteiger partial charge in [-0.3, -0.25) is 4.79 Å². The summed E-state index contributed by atoms with van der Waals surface area (Å²) in [6.45, 7) is 3.07. The van der Waals surface area contributed by atoms with E-state index in [1.807, 2.05) is 0 Å². The van der Waals surface area contributed by atoms with Crippen molar-refractivity contribution in [3.63, 3.8) is 0 Å². The van der Waals surface area contributed by atoms with Crippen molar-refractivity contribution in [2.45, 2.75) is 6.54 Å². The first-order chi connectivity index (χ1) is 10.7. The number of nitrogens with zero attached hydrogens (tertiary/aromatic N) is 3. The van der Waals surface area contributed by atoms with E-state index in [1.54, 1.807) is 22.4 Å². The van der Waals surface area contributed by atoms with Crippen molar-refractivity contribution < 1.29 is 9.18 Å². The van der Waals surface area contributed by atoms with E-state index < -0.39 is 0 Å². The van der Waals surface area contributed by atoms with Crippen LogP contribution in [-0.2, 0) is 6.54 Å². The topological polar surface area (TPSA) is 62.5 Å². The van der Waals surface area contributed by atoms with Gasteiger partial charge in [0.25, 0.3) is 5.91 Å². The van der Waals surface area contributed by atoms with Crippen LogP contribution in [0.4, 0.5) is 10.1 Å². The summed E-state index contributed by atoms with van der Waals surface area (Å²) in [5, 5.41) is 2.53. The zero-order valence-electron chi connectivity index (χ0n) is 12.9. The van der Waals surface area contributed by atoms with Gasteiger partial charge >= 0.3 is 0 Å². The molecule has 1 aromatic heterocycles. The standard InChI is InChI=1S/C15H17FN4OS.2ClH/c16-11-1-3-12(4-2-11)19-5-7-20(8-6-19)15(21)13-10-22-14(9-17)18-13;;/h1-4,10H,5-9,17H2;2*1H. The Morgan fingerprint density at radius 2 is 1.79 bits per heavy atom. The summed E-state index contributed by atoms with van der Waals surface area (Å²) in [5.41, 5.74) is 6.98. The molecule has 2 N–H and O–H groups in total. The highest BCUT2D eigenvalue weighted by Crippen LogP contribution is 2.18. The zero-order valence-corrected chi connectivity index (χ0v) is 15.3. The molecule has 1 aliphatic heterocycles. The van der Waals surface area contributed by atoms with Crippen molar-refractivity contribution in [2.75, 3.05) is 31.1 Å². The van der Waals surface area contributed by atoms with Gasteiger partial charge in [-0.05, 0) is 24.3 Å². The van der Waals surface area contributed by atoms with Crippen LogP contribution in [0.2, 0.25) is 0 Å². The number of piperazine rings is 1. The molecule has 1 aromatic carbocycles. The van der Waals surface area contributed by atoms with Gasteiger partial charge in [-0.1, -0.05) is 0 Å². The Hall–Kier alpha value is -1.41. The summed E-state index contributed by atoms with van der Waals surface area (Å²) >= 11 is 1.41. The maximum atomic E-state index is 13.0. The van der Waals surface area contributed by atoms with Crippen molar-refractivity contribution in [2.24, 2.45) is 5.73 Å². The number of halogens is 3. The fourth-order valence-electron chi connectivity index (χ4n) is 2.48. The Morgan fingerprint density at radius 3 is 2.33 bits per heavy atom. The molecule has 1 aliphatic rings. The van der Waals surface area contributed by atoms with Gasteiger partial charge in [-0.2, -0.15) is 0 Å². The second-order valence-electron chi connectivity index (χ2n) is 5.09. The van der Waals surface area contributed by atoms with Crippen LogP contribution < -0.4 is 10.6 Å². The van der Waals surface area contributed by atoms with Crippen LogP contribution >= 0.6 is 36.2 Å². The van der Waals surface area contributed by atoms with E-state index in [-0.39, 0.29) is 36.5 Å². The highest BCUT2D eigenvalue weighted by molar-refractivity contribution is 7.09. The minimum atomic E-state index is -0.239. The Balaban J connectivity index is 0.00000144. The fraction of sp³-hybridized carbons (Fsp3) is 0.333. The van der Waals surface area contributed by atoms with Crippen LogP contribution in [0, 0.1) is 5.82 Å². The van der Waals surface area contributed by atoms with Gasteiger partial charge in [0.05, 0.1) is 0 Å². The van der Waals surface area contributed by atoms with Gasteiger partial charge in [0.1, 0.15) is 16.5 Å². The number of benzene rings is 1. The number of carbonyl (C=O) groups is 1. The van der Waals surface area contributed by atoms with Crippen LogP contribution in [0.15, 0.2) is 29.6 Å². The molecule has 2 heterocycles. The van der Waals surface area contributed by atoms with Gasteiger partial charge in [0.15, 0.2) is 0 Å². The Bertz CT molecular complexity index is 660. The lowest BCUT2D eigenvalue weighted by Gasteiger charge is -2.35. The smallest absolute Gasteiger partial charge is 0.273 e. The van der Waals surface area contributed by atoms with Crippen molar-refractivity contribution in [3.05, 3.63) is 46.2 Å². The van der Waals surface area contributed by atoms with Crippen molar-refractivity contribution in [1.29, 1.82) is 0 Å². The minimum absolute atomic E-state index is 0. The van der Waals surface area contributed by atoms with Gasteiger partial charge in [-0.25, -0.2) is 9.37 Å². The molecule has 0 saturated carbocycles. The molecule has 0 bridgehead atoms. The quantitative estimate of drug-likeness (QED) is 0.871. The van der Waals surface area contributed by atoms with Crippen LogP contribution in [-0.4, -0.2) is 42.0 Å². The maximum Gasteiger partial charge on any atom is 0.273 e. The third-order valence-corrected chi connectivity index (χ3v) is 4.58. The highest BCUT2D eigenvalue weighted by Gasteiger charge is 2.23. The van der Waals surface area contributed by atoms with E-state index in [2.05, 4.69) is 9.88 Å². The molecule has 0 unspecified atom stereocenters. The van der Waals surface area contributed by atoms with Crippen molar-refractivity contribution in [1.82, 2.24) is 9.88 Å². The lowest BCUT2D eigenvalue weighted by Crippen LogP contribution is -2.48. The van der Waals surface area contributed by atoms with Crippen LogP contribution in [0.5, 0.6) is 0 Å². The Kier molecular flexibility index (Phi) is 7.89. The number of rotatable bonds is 3. The normalized spacial score (nSPS) is 13.9. The molecule has 0 spiro atoms. The molecule has 2 aromatic rings. The molecular weight excluding hydrogens is 374 g/mol. The maximum absolute atomic E-state index is 13.0. The van der Waals surface area contributed by atoms with E-state index >= 15 is 0 Å². The van der Waals surface area contributed by atoms with Gasteiger partial charge in [-0.15, -0.1) is 36.2 Å². The summed E-state index contributed by atoms with van der Waals surface area (Å²) in [6, 6.07) is 6.44. The number of aromatic nitrogens is 1. The van der Waals surface area contributed by atoms with Crippen molar-refractivity contribution >= 4 is 47.7 Å². The number of amides is 1. The second-order valence-corrected chi connectivity index (χ2v) is 6.03. The summed E-state index contributed by atoms with van der Waals surface area (Å²) in [7, 11) is 0. The summed E-state index contributed by atoms with van der Waals surface area (Å²) in [6.07, 6.45) is 0. The fourth-order valence-corrected chi connectivity index (χ4v) is 3.13. The average molecular weight is 393 g/mol. The molecule has 0 aliphatic carbocycles. The molecule has 5 nitrogen and oxygen atoms in total. The summed E-state index contributed by atoms with van der Waals surface area (Å²) < 4.78 is 13.0. The van der Waals surface area contributed by atoms with Crippen LogP contribution in [0.1, 0.15) is 15.5 Å². The van der Waals surface area contributed by atoms with E-state index in [9.17, 15) is 9.18 Å². The van der Waals surface area contributed by atoms with Gasteiger partial charge in [0.2, 0.25) is 0 Å². The van der Waals surface area contributed by atoms with Gasteiger partial charge in [0, 0.05) is 43.8 Å². The molecule has 1 fully saturated rings. The molecule has 1 amide bonds. The predicted molar refractivity (Wildman–Crippen MR) is 99.0 cm³/mol. The number of thiazole rings is 1. The van der Waals surface area contributed by atoms with E-state index in [0.29, 0.717) is 25.3 Å². The van der Waals surface area contributed by atoms with Crippen LogP contribution in [0.3, 0.4) is 0 Å². The first kappa shape index (κ1) is 20.6. The first-order valence-electron chi connectivity index (χ1n) is 7.11. The van der Waals surface area contributed by atoms with E-state index in [4.69, 9.17) is 5.73 Å². The lowest BCUT2D eigenvalue weighted by atomic mass is 10.2.